The maximum absolute atomic E-state index is 13.2. The highest BCUT2D eigenvalue weighted by molar-refractivity contribution is 9.10. The molecule has 98 valence electrons. The zero-order valence-electron chi connectivity index (χ0n) is 10.6. The Morgan fingerprint density at radius 3 is 2.32 bits per heavy atom. The third-order valence-corrected chi connectivity index (χ3v) is 3.44. The van der Waals surface area contributed by atoms with E-state index in [2.05, 4.69) is 22.9 Å². The molecular formula is C16H14BrFO. The molecule has 0 atom stereocenters. The van der Waals surface area contributed by atoms with E-state index >= 15 is 0 Å². The maximum atomic E-state index is 13.2. The SMILES string of the molecule is CCc1ccc(CC(=O)c2cc(F)cc(Br)c2)cc1. The Kier molecular flexibility index (Phi) is 4.48. The van der Waals surface area contributed by atoms with E-state index < -0.39 is 5.82 Å². The second-order valence-corrected chi connectivity index (χ2v) is 5.34. The highest BCUT2D eigenvalue weighted by atomic mass is 79.9. The molecule has 2 aromatic carbocycles. The van der Waals surface area contributed by atoms with Gasteiger partial charge in [-0.05, 0) is 35.7 Å². The average molecular weight is 321 g/mol. The molecule has 0 aliphatic rings. The number of Topliss-reactive ketones (excluding diaryl/α,β-unsaturated/α-hetero) is 1. The van der Waals surface area contributed by atoms with Gasteiger partial charge in [0.25, 0.3) is 0 Å². The molecule has 0 N–H and O–H groups in total. The summed E-state index contributed by atoms with van der Waals surface area (Å²) in [6.07, 6.45) is 1.27. The molecule has 0 amide bonds. The van der Waals surface area contributed by atoms with Gasteiger partial charge >= 0.3 is 0 Å². The molecular weight excluding hydrogens is 307 g/mol. The fraction of sp³-hybridized carbons (Fsp3) is 0.188. The van der Waals surface area contributed by atoms with Gasteiger partial charge in [0.15, 0.2) is 5.78 Å². The third-order valence-electron chi connectivity index (χ3n) is 2.98. The Balaban J connectivity index is 2.15. The largest absolute Gasteiger partial charge is 0.294 e. The van der Waals surface area contributed by atoms with E-state index in [1.54, 1.807) is 6.07 Å². The lowest BCUT2D eigenvalue weighted by Crippen LogP contribution is -2.04. The summed E-state index contributed by atoms with van der Waals surface area (Å²) in [5.41, 5.74) is 2.58. The van der Waals surface area contributed by atoms with E-state index in [4.69, 9.17) is 0 Å². The zero-order valence-corrected chi connectivity index (χ0v) is 12.2. The van der Waals surface area contributed by atoms with E-state index in [-0.39, 0.29) is 5.78 Å². The standard InChI is InChI=1S/C16H14BrFO/c1-2-11-3-5-12(6-4-11)7-16(19)13-8-14(17)10-15(18)9-13/h3-6,8-10H,2,7H2,1H3. The minimum Gasteiger partial charge on any atom is -0.294 e. The normalized spacial score (nSPS) is 10.5. The minimum atomic E-state index is -0.404. The number of ketones is 1. The summed E-state index contributed by atoms with van der Waals surface area (Å²) >= 11 is 3.19. The highest BCUT2D eigenvalue weighted by Gasteiger charge is 2.09. The van der Waals surface area contributed by atoms with Gasteiger partial charge in [-0.1, -0.05) is 47.1 Å². The third kappa shape index (κ3) is 3.74. The highest BCUT2D eigenvalue weighted by Crippen LogP contribution is 2.17. The number of carbonyl (C=O) groups excluding carboxylic acids is 1. The van der Waals surface area contributed by atoms with Gasteiger partial charge < -0.3 is 0 Å². The van der Waals surface area contributed by atoms with E-state index in [0.29, 0.717) is 16.5 Å². The molecule has 2 aromatic rings. The molecule has 0 fully saturated rings. The summed E-state index contributed by atoms with van der Waals surface area (Å²) in [5, 5.41) is 0. The first kappa shape index (κ1) is 13.9. The number of hydrogen-bond acceptors (Lipinski definition) is 1. The number of carbonyl (C=O) groups is 1. The Morgan fingerprint density at radius 2 is 1.74 bits per heavy atom. The van der Waals surface area contributed by atoms with Gasteiger partial charge in [0, 0.05) is 16.5 Å². The molecule has 0 spiro atoms. The lowest BCUT2D eigenvalue weighted by Gasteiger charge is -2.04. The van der Waals surface area contributed by atoms with Crippen molar-refractivity contribution in [3.8, 4) is 0 Å². The van der Waals surface area contributed by atoms with Gasteiger partial charge in [0.1, 0.15) is 5.82 Å². The maximum Gasteiger partial charge on any atom is 0.167 e. The van der Waals surface area contributed by atoms with Crippen molar-refractivity contribution in [3.05, 3.63) is 69.4 Å². The van der Waals surface area contributed by atoms with Gasteiger partial charge in [-0.3, -0.25) is 4.79 Å². The predicted octanol–water partition coefficient (Wildman–Crippen LogP) is 4.58. The molecule has 3 heteroatoms. The van der Waals surface area contributed by atoms with Gasteiger partial charge in [0.05, 0.1) is 0 Å². The smallest absolute Gasteiger partial charge is 0.167 e. The molecule has 0 saturated heterocycles. The van der Waals surface area contributed by atoms with E-state index in [1.165, 1.54) is 17.7 Å². The molecule has 0 bridgehead atoms. The van der Waals surface area contributed by atoms with Crippen molar-refractivity contribution >= 4 is 21.7 Å². The summed E-state index contributed by atoms with van der Waals surface area (Å²) < 4.78 is 13.8. The van der Waals surface area contributed by atoms with Crippen LogP contribution in [-0.2, 0) is 12.8 Å². The van der Waals surface area contributed by atoms with Crippen molar-refractivity contribution in [1.29, 1.82) is 0 Å². The summed E-state index contributed by atoms with van der Waals surface area (Å²) in [5.74, 6) is -0.483. The summed E-state index contributed by atoms with van der Waals surface area (Å²) in [7, 11) is 0. The molecule has 0 heterocycles. The number of rotatable bonds is 4. The number of halogens is 2. The van der Waals surface area contributed by atoms with Crippen molar-refractivity contribution < 1.29 is 9.18 Å². The molecule has 0 radical (unpaired) electrons. The van der Waals surface area contributed by atoms with Crippen LogP contribution in [0, 0.1) is 5.82 Å². The number of hydrogen-bond donors (Lipinski definition) is 0. The molecule has 0 aliphatic heterocycles. The monoisotopic (exact) mass is 320 g/mol. The van der Waals surface area contributed by atoms with Crippen LogP contribution in [0.25, 0.3) is 0 Å². The molecule has 2 rings (SSSR count). The second kappa shape index (κ2) is 6.11. The number of aryl methyl sites for hydroxylation is 1. The molecule has 1 nitrogen and oxygen atoms in total. The molecule has 0 aliphatic carbocycles. The van der Waals surface area contributed by atoms with Crippen molar-refractivity contribution in [3.63, 3.8) is 0 Å². The topological polar surface area (TPSA) is 17.1 Å². The summed E-state index contributed by atoms with van der Waals surface area (Å²) in [6.45, 7) is 2.09. The van der Waals surface area contributed by atoms with Crippen LogP contribution in [0.15, 0.2) is 46.9 Å². The van der Waals surface area contributed by atoms with E-state index in [0.717, 1.165) is 12.0 Å². The molecule has 0 unspecified atom stereocenters. The fourth-order valence-electron chi connectivity index (χ4n) is 1.90. The van der Waals surface area contributed by atoms with Gasteiger partial charge in [-0.15, -0.1) is 0 Å². The number of benzene rings is 2. The van der Waals surface area contributed by atoms with Crippen LogP contribution in [-0.4, -0.2) is 5.78 Å². The van der Waals surface area contributed by atoms with Crippen LogP contribution >= 0.6 is 15.9 Å². The lowest BCUT2D eigenvalue weighted by molar-refractivity contribution is 0.0992. The van der Waals surface area contributed by atoms with Gasteiger partial charge in [0.2, 0.25) is 0 Å². The Bertz CT molecular complexity index is 570. The minimum absolute atomic E-state index is 0.0792. The quantitative estimate of drug-likeness (QED) is 0.754. The van der Waals surface area contributed by atoms with Gasteiger partial charge in [-0.25, -0.2) is 4.39 Å². The van der Waals surface area contributed by atoms with Crippen LogP contribution in [0.4, 0.5) is 4.39 Å². The van der Waals surface area contributed by atoms with Crippen LogP contribution in [0.1, 0.15) is 28.4 Å². The van der Waals surface area contributed by atoms with Crippen LogP contribution in [0.3, 0.4) is 0 Å². The van der Waals surface area contributed by atoms with E-state index in [9.17, 15) is 9.18 Å². The van der Waals surface area contributed by atoms with E-state index in [1.807, 2.05) is 24.3 Å². The van der Waals surface area contributed by atoms with Crippen molar-refractivity contribution in [2.45, 2.75) is 19.8 Å². The molecule has 0 saturated carbocycles. The predicted molar refractivity (Wildman–Crippen MR) is 78.0 cm³/mol. The Hall–Kier alpha value is -1.48. The van der Waals surface area contributed by atoms with Crippen LogP contribution in [0.2, 0.25) is 0 Å². The van der Waals surface area contributed by atoms with Crippen molar-refractivity contribution in [2.24, 2.45) is 0 Å². The lowest BCUT2D eigenvalue weighted by atomic mass is 10.0. The first-order chi connectivity index (χ1) is 9.08. The Morgan fingerprint density at radius 1 is 1.11 bits per heavy atom. The zero-order chi connectivity index (χ0) is 13.8. The fourth-order valence-corrected chi connectivity index (χ4v) is 2.36. The first-order valence-electron chi connectivity index (χ1n) is 6.15. The average Bonchev–Trinajstić information content (AvgIpc) is 2.38. The first-order valence-corrected chi connectivity index (χ1v) is 6.95. The van der Waals surface area contributed by atoms with Gasteiger partial charge in [-0.2, -0.15) is 0 Å². The van der Waals surface area contributed by atoms with Crippen LogP contribution in [0.5, 0.6) is 0 Å². The second-order valence-electron chi connectivity index (χ2n) is 4.43. The van der Waals surface area contributed by atoms with Crippen molar-refractivity contribution in [2.75, 3.05) is 0 Å². The Labute approximate surface area is 120 Å². The van der Waals surface area contributed by atoms with Crippen LogP contribution < -0.4 is 0 Å². The molecule has 19 heavy (non-hydrogen) atoms. The molecule has 0 aromatic heterocycles. The van der Waals surface area contributed by atoms with Crippen molar-refractivity contribution in [1.82, 2.24) is 0 Å². The summed E-state index contributed by atoms with van der Waals surface area (Å²) in [4.78, 5) is 12.1. The summed E-state index contributed by atoms with van der Waals surface area (Å²) in [6, 6.07) is 12.2.